The number of carbonyl (C=O) groups is 3. The molecule has 0 amide bonds. The summed E-state index contributed by atoms with van der Waals surface area (Å²) < 4.78 is 4.70. The zero-order valence-corrected chi connectivity index (χ0v) is 28.4. The molecule has 0 radical (unpaired) electrons. The first-order valence-corrected chi connectivity index (χ1v) is 15.9. The summed E-state index contributed by atoms with van der Waals surface area (Å²) in [7, 11) is 0. The number of esters is 1. The molecule has 0 aromatic carbocycles. The number of unbranched alkanes of at least 4 members (excludes halogenated alkanes) is 14. The Bertz CT molecular complexity index is 760. The van der Waals surface area contributed by atoms with Gasteiger partial charge < -0.3 is 70.5 Å². The molecule has 268 valence electrons. The molecule has 0 heterocycles. The van der Waals surface area contributed by atoms with E-state index >= 15 is 0 Å². The molecule has 9 N–H and O–H groups in total. The number of hydrogen-bond donors (Lipinski definition) is 9. The van der Waals surface area contributed by atoms with Crippen LogP contribution in [0.2, 0.25) is 0 Å². The maximum atomic E-state index is 11.8. The second-order valence-electron chi connectivity index (χ2n) is 11.2. The zero-order chi connectivity index (χ0) is 34.8. The first-order chi connectivity index (χ1) is 21.3. The van der Waals surface area contributed by atoms with Crippen LogP contribution in [0, 0.1) is 0 Å². The molecule has 0 saturated carbocycles. The van der Waals surface area contributed by atoms with Crippen LogP contribution in [0.5, 0.6) is 0 Å². The van der Waals surface area contributed by atoms with Gasteiger partial charge in [-0.05, 0) is 6.42 Å². The molecule has 0 aromatic heterocycles. The standard InChI is InChI=1S/C24H46O8.C6H12O7.Mg/c1-2-3-4-5-6-7-8-9-10-11-12-13-14-15-16-17-20(27)32-23(24(30)31)22(29)21(28)19(26)18-25;7-1-2(8)3(9)4(10)5(11)6(12)13;/h19,21-23,25-26,28-29H,2-18H2,1H3,(H,30,31);2-5,7-11H,1H2,(H,12,13);/q;;+2/p-2/t19-,21-,22+,23-;2-,3-,4+,5-;/m11./s1. The number of aliphatic carboxylic acids is 2. The van der Waals surface area contributed by atoms with Gasteiger partial charge in [-0.15, -0.1) is 0 Å². The normalized spacial score (nSPS) is 16.3. The van der Waals surface area contributed by atoms with E-state index in [1.54, 1.807) is 0 Å². The number of carbonyl (C=O) groups excluding carboxylic acids is 3. The van der Waals surface area contributed by atoms with E-state index in [-0.39, 0.29) is 29.5 Å². The average Bonchev–Trinajstić information content (AvgIpc) is 3.02. The first-order valence-electron chi connectivity index (χ1n) is 15.9. The fourth-order valence-corrected chi connectivity index (χ4v) is 4.27. The molecule has 0 spiro atoms. The Morgan fingerprint density at radius 2 is 0.891 bits per heavy atom. The van der Waals surface area contributed by atoms with Gasteiger partial charge in [-0.2, -0.15) is 0 Å². The maximum absolute atomic E-state index is 11.8. The van der Waals surface area contributed by atoms with Gasteiger partial charge in [-0.3, -0.25) is 4.79 Å². The first kappa shape index (κ1) is 49.2. The number of ether oxygens (including phenoxy) is 1. The zero-order valence-electron chi connectivity index (χ0n) is 27.0. The van der Waals surface area contributed by atoms with E-state index in [0.717, 1.165) is 19.3 Å². The molecule has 0 rings (SSSR count). The van der Waals surface area contributed by atoms with Gasteiger partial charge in [0.2, 0.25) is 0 Å². The van der Waals surface area contributed by atoms with Gasteiger partial charge in [0.1, 0.15) is 42.7 Å². The molecule has 0 aliphatic carbocycles. The molecule has 0 aromatic rings. The van der Waals surface area contributed by atoms with Crippen molar-refractivity contribution < 1.29 is 75.3 Å². The summed E-state index contributed by atoms with van der Waals surface area (Å²) in [5.41, 5.74) is 0. The van der Waals surface area contributed by atoms with E-state index < -0.39 is 80.0 Å². The monoisotopic (exact) mass is 680 g/mol. The van der Waals surface area contributed by atoms with E-state index in [2.05, 4.69) is 6.92 Å². The smallest absolute Gasteiger partial charge is 0.547 e. The van der Waals surface area contributed by atoms with Gasteiger partial charge in [-0.1, -0.05) is 96.8 Å². The van der Waals surface area contributed by atoms with Crippen molar-refractivity contribution in [2.45, 2.75) is 158 Å². The Kier molecular flexibility index (Phi) is 33.3. The molecule has 0 bridgehead atoms. The van der Waals surface area contributed by atoms with Gasteiger partial charge >= 0.3 is 29.0 Å². The van der Waals surface area contributed by atoms with Crippen LogP contribution in [-0.2, 0) is 19.1 Å². The van der Waals surface area contributed by atoms with Crippen LogP contribution in [0.1, 0.15) is 110 Å². The Balaban J connectivity index is -0.00000111. The predicted octanol–water partition coefficient (Wildman–Crippen LogP) is -3.22. The van der Waals surface area contributed by atoms with E-state index in [4.69, 9.17) is 35.4 Å². The summed E-state index contributed by atoms with van der Waals surface area (Å²) in [5, 5.41) is 102. The van der Waals surface area contributed by atoms with Crippen molar-refractivity contribution in [3.05, 3.63) is 0 Å². The van der Waals surface area contributed by atoms with E-state index in [1.807, 2.05) is 0 Å². The van der Waals surface area contributed by atoms with Crippen LogP contribution in [0.15, 0.2) is 0 Å². The van der Waals surface area contributed by atoms with Crippen molar-refractivity contribution in [1.82, 2.24) is 0 Å². The van der Waals surface area contributed by atoms with Crippen molar-refractivity contribution in [3.8, 4) is 0 Å². The van der Waals surface area contributed by atoms with Crippen LogP contribution in [-0.4, -0.2) is 149 Å². The van der Waals surface area contributed by atoms with Crippen LogP contribution in [0.3, 0.4) is 0 Å². The molecule has 0 fully saturated rings. The van der Waals surface area contributed by atoms with Gasteiger partial charge in [0.25, 0.3) is 0 Å². The fourth-order valence-electron chi connectivity index (χ4n) is 4.27. The Labute approximate surface area is 287 Å². The van der Waals surface area contributed by atoms with Crippen LogP contribution in [0.4, 0.5) is 0 Å². The largest absolute Gasteiger partial charge is 2.00 e. The Hall–Kier alpha value is -1.18. The maximum Gasteiger partial charge on any atom is 2.00 e. The minimum atomic E-state index is -2.31. The third kappa shape index (κ3) is 24.0. The molecule has 16 heteroatoms. The number of carboxylic acids is 2. The molecule has 0 aliphatic heterocycles. The summed E-state index contributed by atoms with van der Waals surface area (Å²) in [4.78, 5) is 32.9. The van der Waals surface area contributed by atoms with Crippen molar-refractivity contribution in [1.29, 1.82) is 0 Å². The number of aliphatic hydroxyl groups excluding tert-OH is 9. The molecular formula is C30H56MgO15. The van der Waals surface area contributed by atoms with E-state index in [1.165, 1.54) is 70.6 Å². The molecule has 0 unspecified atom stereocenters. The summed E-state index contributed by atoms with van der Waals surface area (Å²) in [6.07, 6.45) is 1.75. The van der Waals surface area contributed by atoms with Crippen molar-refractivity contribution in [2.75, 3.05) is 13.2 Å². The van der Waals surface area contributed by atoms with Gasteiger partial charge in [0, 0.05) is 6.42 Å². The van der Waals surface area contributed by atoms with Crippen molar-refractivity contribution >= 4 is 41.0 Å². The summed E-state index contributed by atoms with van der Waals surface area (Å²) in [6.45, 7) is 0.488. The third-order valence-corrected chi connectivity index (χ3v) is 7.21. The fraction of sp³-hybridized carbons (Fsp3) is 0.900. The van der Waals surface area contributed by atoms with Gasteiger partial charge in [0.05, 0.1) is 25.2 Å². The predicted molar refractivity (Wildman–Crippen MR) is 161 cm³/mol. The van der Waals surface area contributed by atoms with Crippen molar-refractivity contribution in [3.63, 3.8) is 0 Å². The minimum Gasteiger partial charge on any atom is -0.547 e. The Morgan fingerprint density at radius 1 is 0.543 bits per heavy atom. The third-order valence-electron chi connectivity index (χ3n) is 7.21. The quantitative estimate of drug-likeness (QED) is 0.0234. The van der Waals surface area contributed by atoms with Crippen LogP contribution >= 0.6 is 0 Å². The van der Waals surface area contributed by atoms with Gasteiger partial charge in [0.15, 0.2) is 6.10 Å². The molecular weight excluding hydrogens is 625 g/mol. The van der Waals surface area contributed by atoms with Crippen molar-refractivity contribution in [2.24, 2.45) is 0 Å². The topological polar surface area (TPSA) is 289 Å². The van der Waals surface area contributed by atoms with Gasteiger partial charge in [-0.25, -0.2) is 0 Å². The summed E-state index contributed by atoms with van der Waals surface area (Å²) in [6, 6.07) is 0. The number of carboxylic acid groups (broad SMARTS) is 2. The number of aliphatic hydroxyl groups is 9. The molecule has 8 atom stereocenters. The molecule has 46 heavy (non-hydrogen) atoms. The van der Waals surface area contributed by atoms with E-state index in [9.17, 15) is 39.9 Å². The molecule has 0 saturated heterocycles. The number of hydrogen-bond acceptors (Lipinski definition) is 15. The Morgan fingerprint density at radius 3 is 1.22 bits per heavy atom. The average molecular weight is 681 g/mol. The number of rotatable bonds is 27. The molecule has 0 aliphatic rings. The SMILES string of the molecule is CCCCCCCCCCCCCCCCCC(=O)O[C@@H](C(=O)[O-])[C@@H](O)[C@H](O)[C@H](O)CO.O=C([O-])[C@H](O)[C@@H](O)[C@H](O)[C@H](O)CO.[Mg+2]. The van der Waals surface area contributed by atoms with Crippen LogP contribution < -0.4 is 10.2 Å². The van der Waals surface area contributed by atoms with Crippen LogP contribution in [0.25, 0.3) is 0 Å². The van der Waals surface area contributed by atoms with E-state index in [0.29, 0.717) is 6.42 Å². The second-order valence-corrected chi connectivity index (χ2v) is 11.2. The molecule has 15 nitrogen and oxygen atoms in total. The second kappa shape index (κ2) is 31.1. The minimum absolute atomic E-state index is 0. The summed E-state index contributed by atoms with van der Waals surface area (Å²) in [5.74, 6) is -4.68. The summed E-state index contributed by atoms with van der Waals surface area (Å²) >= 11 is 0.